The van der Waals surface area contributed by atoms with Gasteiger partial charge < -0.3 is 0 Å². The number of allylic oxidation sites excluding steroid dienone is 1. The number of carbonyl (C=O) groups is 2. The molecule has 2 aromatic rings. The van der Waals surface area contributed by atoms with Crippen LogP contribution < -0.4 is 0 Å². The van der Waals surface area contributed by atoms with Crippen LogP contribution in [0.2, 0.25) is 0 Å². The van der Waals surface area contributed by atoms with Crippen molar-refractivity contribution in [2.45, 2.75) is 6.92 Å². The van der Waals surface area contributed by atoms with Gasteiger partial charge in [-0.1, -0.05) is 18.6 Å². The van der Waals surface area contributed by atoms with E-state index in [0.29, 0.717) is 33.9 Å². The first kappa shape index (κ1) is 11.9. The van der Waals surface area contributed by atoms with Gasteiger partial charge in [0.25, 0.3) is 5.91 Å². The summed E-state index contributed by atoms with van der Waals surface area (Å²) in [7, 11) is 0. The number of terminal acetylenes is 1. The lowest BCUT2D eigenvalue weighted by Gasteiger charge is -2.03. The summed E-state index contributed by atoms with van der Waals surface area (Å²) in [5.74, 6) is 2.27. The minimum atomic E-state index is -0.248. The number of benzene rings is 1. The van der Waals surface area contributed by atoms with Crippen molar-refractivity contribution in [2.75, 3.05) is 0 Å². The molecule has 0 saturated carbocycles. The van der Waals surface area contributed by atoms with E-state index < -0.39 is 0 Å². The predicted octanol–water partition coefficient (Wildman–Crippen LogP) is 2.65. The van der Waals surface area contributed by atoms with Crippen molar-refractivity contribution in [3.63, 3.8) is 0 Å². The Bertz CT molecular complexity index is 714. The van der Waals surface area contributed by atoms with E-state index in [9.17, 15) is 9.59 Å². The fourth-order valence-corrected chi connectivity index (χ4v) is 1.90. The molecular weight excluding hydrogens is 226 g/mol. The molecule has 0 aliphatic heterocycles. The average Bonchev–Trinajstić information content (AvgIpc) is 2.76. The molecule has 1 aromatic carbocycles. The van der Waals surface area contributed by atoms with Gasteiger partial charge in [-0.2, -0.15) is 0 Å². The Labute approximate surface area is 105 Å². The standard InChI is InChI=1S/C15H11NO2/c1-4-11-6-5-7-13-14(11)12(9-17)8-16(13)15(18)10(2)3/h1,5-9H,2H2,3H3. The maximum Gasteiger partial charge on any atom is 0.257 e. The lowest BCUT2D eigenvalue weighted by molar-refractivity contribution is 0.0960. The van der Waals surface area contributed by atoms with Crippen molar-refractivity contribution in [3.8, 4) is 12.3 Å². The van der Waals surface area contributed by atoms with Gasteiger partial charge in [0.15, 0.2) is 6.29 Å². The first-order valence-corrected chi connectivity index (χ1v) is 5.36. The van der Waals surface area contributed by atoms with Crippen molar-refractivity contribution in [1.82, 2.24) is 4.57 Å². The second-order valence-electron chi connectivity index (χ2n) is 4.00. The van der Waals surface area contributed by atoms with Crippen LogP contribution in [0.15, 0.2) is 36.5 Å². The fraction of sp³-hybridized carbons (Fsp3) is 0.0667. The quantitative estimate of drug-likeness (QED) is 0.457. The van der Waals surface area contributed by atoms with Crippen molar-refractivity contribution in [3.05, 3.63) is 47.7 Å². The summed E-state index contributed by atoms with van der Waals surface area (Å²) in [6.45, 7) is 5.24. The highest BCUT2D eigenvalue weighted by molar-refractivity contribution is 6.08. The van der Waals surface area contributed by atoms with Gasteiger partial charge in [-0.05, 0) is 19.1 Å². The highest BCUT2D eigenvalue weighted by Crippen LogP contribution is 2.24. The fourth-order valence-electron chi connectivity index (χ4n) is 1.90. The number of carbonyl (C=O) groups excluding carboxylic acids is 2. The maximum absolute atomic E-state index is 12.0. The topological polar surface area (TPSA) is 39.1 Å². The molecule has 0 saturated heterocycles. The van der Waals surface area contributed by atoms with Gasteiger partial charge in [-0.3, -0.25) is 14.2 Å². The molecular formula is C15H11NO2. The molecule has 0 unspecified atom stereocenters. The van der Waals surface area contributed by atoms with Gasteiger partial charge in [0, 0.05) is 28.3 Å². The summed E-state index contributed by atoms with van der Waals surface area (Å²) in [5, 5.41) is 0.629. The van der Waals surface area contributed by atoms with Crippen LogP contribution >= 0.6 is 0 Å². The number of nitrogens with zero attached hydrogens (tertiary/aromatic N) is 1. The third-order valence-electron chi connectivity index (χ3n) is 2.73. The van der Waals surface area contributed by atoms with E-state index >= 15 is 0 Å². The number of fused-ring (bicyclic) bond motifs is 1. The summed E-state index contributed by atoms with van der Waals surface area (Å²) in [6, 6.07) is 5.25. The zero-order valence-corrected chi connectivity index (χ0v) is 9.93. The van der Waals surface area contributed by atoms with Gasteiger partial charge in [-0.25, -0.2) is 0 Å². The molecule has 18 heavy (non-hydrogen) atoms. The first-order chi connectivity index (χ1) is 8.60. The van der Waals surface area contributed by atoms with Crippen LogP contribution in [0.4, 0.5) is 0 Å². The SMILES string of the molecule is C#Cc1cccc2c1c(C=O)cn2C(=O)C(=C)C. The Morgan fingerprint density at radius 2 is 2.22 bits per heavy atom. The molecule has 0 bridgehead atoms. The third-order valence-corrected chi connectivity index (χ3v) is 2.73. The van der Waals surface area contributed by atoms with Crippen LogP contribution in [-0.4, -0.2) is 16.8 Å². The molecule has 0 fully saturated rings. The zero-order chi connectivity index (χ0) is 13.3. The highest BCUT2D eigenvalue weighted by atomic mass is 16.2. The van der Waals surface area contributed by atoms with E-state index in [0.717, 1.165) is 0 Å². The van der Waals surface area contributed by atoms with E-state index in [1.165, 1.54) is 10.8 Å². The molecule has 0 aliphatic carbocycles. The molecule has 0 N–H and O–H groups in total. The molecule has 1 aromatic heterocycles. The number of rotatable bonds is 2. The molecule has 2 rings (SSSR count). The van der Waals surface area contributed by atoms with Crippen molar-refractivity contribution < 1.29 is 9.59 Å². The summed E-state index contributed by atoms with van der Waals surface area (Å²) in [5.41, 5.74) is 2.03. The normalized spacial score (nSPS) is 10.0. The Morgan fingerprint density at radius 3 is 2.78 bits per heavy atom. The van der Waals surface area contributed by atoms with Crippen molar-refractivity contribution in [2.24, 2.45) is 0 Å². The summed E-state index contributed by atoms with van der Waals surface area (Å²) < 4.78 is 1.40. The Kier molecular flexibility index (Phi) is 2.86. The van der Waals surface area contributed by atoms with Gasteiger partial charge >= 0.3 is 0 Å². The second-order valence-corrected chi connectivity index (χ2v) is 4.00. The molecule has 3 nitrogen and oxygen atoms in total. The minimum absolute atomic E-state index is 0.248. The summed E-state index contributed by atoms with van der Waals surface area (Å²) in [4.78, 5) is 23.1. The minimum Gasteiger partial charge on any atom is -0.298 e. The van der Waals surface area contributed by atoms with Crippen LogP contribution in [0.25, 0.3) is 10.9 Å². The van der Waals surface area contributed by atoms with E-state index in [1.807, 2.05) is 0 Å². The maximum atomic E-state index is 12.0. The molecule has 0 atom stereocenters. The largest absolute Gasteiger partial charge is 0.298 e. The van der Waals surface area contributed by atoms with Crippen LogP contribution in [0, 0.1) is 12.3 Å². The molecule has 0 amide bonds. The first-order valence-electron chi connectivity index (χ1n) is 5.36. The highest BCUT2D eigenvalue weighted by Gasteiger charge is 2.15. The van der Waals surface area contributed by atoms with E-state index in [4.69, 9.17) is 6.42 Å². The van der Waals surface area contributed by atoms with Crippen LogP contribution in [0.1, 0.15) is 27.6 Å². The molecule has 1 heterocycles. The number of aromatic nitrogens is 1. The number of hydrogen-bond donors (Lipinski definition) is 0. The van der Waals surface area contributed by atoms with Crippen LogP contribution in [0.5, 0.6) is 0 Å². The average molecular weight is 237 g/mol. The molecule has 0 aliphatic rings. The Hall–Kier alpha value is -2.60. The van der Waals surface area contributed by atoms with E-state index in [2.05, 4.69) is 12.5 Å². The molecule has 0 spiro atoms. The molecule has 0 radical (unpaired) electrons. The van der Waals surface area contributed by atoms with Crippen molar-refractivity contribution in [1.29, 1.82) is 0 Å². The van der Waals surface area contributed by atoms with Crippen molar-refractivity contribution >= 4 is 23.1 Å². The Balaban J connectivity index is 2.88. The summed E-state index contributed by atoms with van der Waals surface area (Å²) in [6.07, 6.45) is 7.60. The second kappa shape index (κ2) is 4.34. The van der Waals surface area contributed by atoms with Gasteiger partial charge in [-0.15, -0.1) is 6.42 Å². The van der Waals surface area contributed by atoms with Crippen LogP contribution in [-0.2, 0) is 0 Å². The van der Waals surface area contributed by atoms with Crippen LogP contribution in [0.3, 0.4) is 0 Å². The Morgan fingerprint density at radius 1 is 1.50 bits per heavy atom. The van der Waals surface area contributed by atoms with E-state index in [-0.39, 0.29) is 5.91 Å². The van der Waals surface area contributed by atoms with Gasteiger partial charge in [0.2, 0.25) is 0 Å². The smallest absolute Gasteiger partial charge is 0.257 e. The lowest BCUT2D eigenvalue weighted by atomic mass is 10.1. The van der Waals surface area contributed by atoms with Gasteiger partial charge in [0.1, 0.15) is 0 Å². The number of hydrogen-bond acceptors (Lipinski definition) is 2. The summed E-state index contributed by atoms with van der Waals surface area (Å²) >= 11 is 0. The van der Waals surface area contributed by atoms with Gasteiger partial charge in [0.05, 0.1) is 5.52 Å². The zero-order valence-electron chi connectivity index (χ0n) is 9.93. The molecule has 3 heteroatoms. The predicted molar refractivity (Wildman–Crippen MR) is 70.7 cm³/mol. The monoisotopic (exact) mass is 237 g/mol. The number of aldehydes is 1. The third kappa shape index (κ3) is 1.64. The molecule has 88 valence electrons. The lowest BCUT2D eigenvalue weighted by Crippen LogP contribution is -2.09. The van der Waals surface area contributed by atoms with E-state index in [1.54, 1.807) is 25.1 Å².